The van der Waals surface area contributed by atoms with E-state index in [0.29, 0.717) is 0 Å². The van der Waals surface area contributed by atoms with E-state index in [1.165, 1.54) is 13.1 Å². The quantitative estimate of drug-likeness (QED) is 0.189. The number of H-pyrrole nitrogens is 1. The molecule has 0 spiro atoms. The lowest BCUT2D eigenvalue weighted by molar-refractivity contribution is -0.138. The van der Waals surface area contributed by atoms with Crippen molar-refractivity contribution in [2.24, 2.45) is 0 Å². The van der Waals surface area contributed by atoms with Crippen molar-refractivity contribution in [2.75, 3.05) is 12.8 Å². The molecule has 0 aromatic carbocycles. The van der Waals surface area contributed by atoms with Gasteiger partial charge in [-0.05, 0) is 6.92 Å². The average molecular weight is 473 g/mol. The molecular formula is C13H21N3O12P2. The Hall–Kier alpha value is -1.67. The largest absolute Gasteiger partial charge is 0.480 e. The summed E-state index contributed by atoms with van der Waals surface area (Å²) in [7, 11) is -9.68. The molecular weight excluding hydrogens is 452 g/mol. The number of ether oxygens (including phenoxy) is 1. The molecule has 1 aromatic rings. The van der Waals surface area contributed by atoms with Gasteiger partial charge in [0.1, 0.15) is 18.4 Å². The first-order valence-electron chi connectivity index (χ1n) is 8.36. The van der Waals surface area contributed by atoms with E-state index in [4.69, 9.17) is 19.6 Å². The number of rotatable bonds is 9. The molecule has 170 valence electrons. The summed E-state index contributed by atoms with van der Waals surface area (Å²) in [5.74, 6) is -1.79. The minimum Gasteiger partial charge on any atom is -0.480 e. The standard InChI is InChI=1S/C13H21N3O12P2/c1-6-3-16(13(21)14-11(6)18)10-2-8(17)9(28-10)4-27-30(25,26)15-7(12(19)20)5-29(22,23)24/h3,7-10,17H,2,4-5H2,1H3,(H,19,20)(H,14,18,21)(H2,15,25,26)(H2,22,23,24)/t7-,8-,9+,10+/m0/s1. The van der Waals surface area contributed by atoms with E-state index in [1.807, 2.05) is 0 Å². The summed E-state index contributed by atoms with van der Waals surface area (Å²) in [4.78, 5) is 63.9. The number of aromatic nitrogens is 2. The fraction of sp³-hybridized carbons (Fsp3) is 0.615. The number of aliphatic hydroxyl groups is 1. The molecule has 0 radical (unpaired) electrons. The highest BCUT2D eigenvalue weighted by Crippen LogP contribution is 2.42. The smallest absolute Gasteiger partial charge is 0.403 e. The molecule has 0 bridgehead atoms. The lowest BCUT2D eigenvalue weighted by Gasteiger charge is -2.21. The first kappa shape index (κ1) is 24.6. The second-order valence-electron chi connectivity index (χ2n) is 6.59. The van der Waals surface area contributed by atoms with Crippen LogP contribution in [0, 0.1) is 6.92 Å². The molecule has 0 saturated carbocycles. The number of carbonyl (C=O) groups is 1. The third kappa shape index (κ3) is 6.67. The van der Waals surface area contributed by atoms with Gasteiger partial charge in [-0.25, -0.2) is 14.4 Å². The van der Waals surface area contributed by atoms with Gasteiger partial charge >= 0.3 is 27.0 Å². The summed E-state index contributed by atoms with van der Waals surface area (Å²) < 4.78 is 34.1. The van der Waals surface area contributed by atoms with Gasteiger partial charge in [-0.15, -0.1) is 0 Å². The molecule has 0 amide bonds. The zero-order valence-electron chi connectivity index (χ0n) is 15.4. The minimum atomic E-state index is -4.86. The van der Waals surface area contributed by atoms with E-state index in [0.717, 1.165) is 4.57 Å². The van der Waals surface area contributed by atoms with Gasteiger partial charge in [-0.2, -0.15) is 0 Å². The monoisotopic (exact) mass is 473 g/mol. The summed E-state index contributed by atoms with van der Waals surface area (Å²) in [6, 6.07) is -2.08. The van der Waals surface area contributed by atoms with Gasteiger partial charge in [0.25, 0.3) is 5.56 Å². The van der Waals surface area contributed by atoms with Crippen molar-refractivity contribution in [3.63, 3.8) is 0 Å². The van der Waals surface area contributed by atoms with E-state index in [2.05, 4.69) is 9.51 Å². The fourth-order valence-corrected chi connectivity index (χ4v) is 4.54. The Morgan fingerprint density at radius 2 is 2.03 bits per heavy atom. The molecule has 1 saturated heterocycles. The zero-order chi connectivity index (χ0) is 22.9. The molecule has 5 atom stereocenters. The summed E-state index contributed by atoms with van der Waals surface area (Å²) in [6.45, 7) is 0.739. The maximum absolute atomic E-state index is 12.0. The van der Waals surface area contributed by atoms with Crippen molar-refractivity contribution in [3.05, 3.63) is 32.6 Å². The number of aliphatic carboxylic acids is 1. The highest BCUT2D eigenvalue weighted by atomic mass is 31.2. The highest BCUT2D eigenvalue weighted by Gasteiger charge is 2.39. The minimum absolute atomic E-state index is 0.113. The number of carboxylic acids is 1. The van der Waals surface area contributed by atoms with Crippen LogP contribution in [0.2, 0.25) is 0 Å². The van der Waals surface area contributed by atoms with Crippen molar-refractivity contribution >= 4 is 21.3 Å². The number of carboxylic acid groups (broad SMARTS) is 1. The number of aromatic amines is 1. The van der Waals surface area contributed by atoms with E-state index in [1.54, 1.807) is 5.09 Å². The number of aliphatic hydroxyl groups excluding tert-OH is 1. The van der Waals surface area contributed by atoms with Crippen LogP contribution < -0.4 is 16.3 Å². The van der Waals surface area contributed by atoms with Crippen LogP contribution in [0.25, 0.3) is 0 Å². The summed E-state index contributed by atoms with van der Waals surface area (Å²) in [6.07, 6.45) is -3.58. The lowest BCUT2D eigenvalue weighted by Crippen LogP contribution is -2.38. The molecule has 1 aliphatic rings. The van der Waals surface area contributed by atoms with Gasteiger partial charge < -0.3 is 29.6 Å². The maximum Gasteiger partial charge on any atom is 0.403 e. The van der Waals surface area contributed by atoms with Gasteiger partial charge in [0.15, 0.2) is 0 Å². The first-order chi connectivity index (χ1) is 13.7. The molecule has 1 aromatic heterocycles. The fourth-order valence-electron chi connectivity index (χ4n) is 2.66. The summed E-state index contributed by atoms with van der Waals surface area (Å²) >= 11 is 0. The van der Waals surface area contributed by atoms with Crippen LogP contribution in [0.4, 0.5) is 0 Å². The maximum atomic E-state index is 12.0. The molecule has 15 nitrogen and oxygen atoms in total. The molecule has 7 N–H and O–H groups in total. The Bertz CT molecular complexity index is 1000. The van der Waals surface area contributed by atoms with E-state index in [-0.39, 0.29) is 12.0 Å². The Kier molecular flexibility index (Phi) is 7.56. The van der Waals surface area contributed by atoms with E-state index in [9.17, 15) is 33.5 Å². The highest BCUT2D eigenvalue weighted by molar-refractivity contribution is 7.52. The third-order valence-corrected chi connectivity index (χ3v) is 6.09. The summed E-state index contributed by atoms with van der Waals surface area (Å²) in [5, 5.41) is 20.6. The van der Waals surface area contributed by atoms with Crippen LogP contribution in [0.1, 0.15) is 18.2 Å². The molecule has 2 heterocycles. The normalized spacial score (nSPS) is 25.0. The zero-order valence-corrected chi connectivity index (χ0v) is 17.2. The number of hydrogen-bond acceptors (Lipinski definition) is 8. The number of nitrogens with zero attached hydrogens (tertiary/aromatic N) is 1. The third-order valence-electron chi connectivity index (χ3n) is 4.11. The average Bonchev–Trinajstić information content (AvgIpc) is 2.95. The molecule has 1 fully saturated rings. The van der Waals surface area contributed by atoms with E-state index < -0.39 is 69.8 Å². The van der Waals surface area contributed by atoms with Crippen LogP contribution in [0.3, 0.4) is 0 Å². The molecule has 1 unspecified atom stereocenters. The first-order valence-corrected chi connectivity index (χ1v) is 11.7. The van der Waals surface area contributed by atoms with Gasteiger partial charge in [-0.3, -0.25) is 28.2 Å². The predicted octanol–water partition coefficient (Wildman–Crippen LogP) is -2.17. The summed E-state index contributed by atoms with van der Waals surface area (Å²) in [5.41, 5.74) is -1.17. The number of aryl methyl sites for hydroxylation is 1. The predicted molar refractivity (Wildman–Crippen MR) is 97.8 cm³/mol. The number of nitrogens with one attached hydrogen (secondary N) is 2. The molecule has 17 heteroatoms. The van der Waals surface area contributed by atoms with Crippen LogP contribution in [0.5, 0.6) is 0 Å². The van der Waals surface area contributed by atoms with Crippen LogP contribution in [0.15, 0.2) is 15.8 Å². The molecule has 30 heavy (non-hydrogen) atoms. The molecule has 2 rings (SSSR count). The molecule has 1 aliphatic heterocycles. The van der Waals surface area contributed by atoms with Crippen molar-refractivity contribution in [3.8, 4) is 0 Å². The Labute approximate surface area is 168 Å². The van der Waals surface area contributed by atoms with Crippen molar-refractivity contribution in [2.45, 2.75) is 37.8 Å². The SMILES string of the molecule is Cc1cn([C@H]2C[C@H](O)[C@@H](COP(=O)(O)N[C@@H](CP(=O)(O)O)C(=O)O)O2)c(=O)[nH]c1=O. The Morgan fingerprint density at radius 3 is 2.60 bits per heavy atom. The van der Waals surface area contributed by atoms with Crippen LogP contribution in [-0.4, -0.2) is 71.4 Å². The second kappa shape index (κ2) is 9.22. The van der Waals surface area contributed by atoms with Crippen molar-refractivity contribution < 1.29 is 48.1 Å². The van der Waals surface area contributed by atoms with Crippen LogP contribution in [-0.2, 0) is 23.2 Å². The van der Waals surface area contributed by atoms with Crippen molar-refractivity contribution in [1.82, 2.24) is 14.6 Å². The number of hydrogen-bond donors (Lipinski definition) is 7. The van der Waals surface area contributed by atoms with Gasteiger partial charge in [0.2, 0.25) is 0 Å². The van der Waals surface area contributed by atoms with Gasteiger partial charge in [-0.1, -0.05) is 0 Å². The Morgan fingerprint density at radius 1 is 1.40 bits per heavy atom. The van der Waals surface area contributed by atoms with Crippen molar-refractivity contribution in [1.29, 1.82) is 0 Å². The van der Waals surface area contributed by atoms with E-state index >= 15 is 0 Å². The topological polar surface area (TPSA) is 238 Å². The van der Waals surface area contributed by atoms with Gasteiger partial charge in [0.05, 0.1) is 18.9 Å². The molecule has 0 aliphatic carbocycles. The Balaban J connectivity index is 2.03. The lowest BCUT2D eigenvalue weighted by atomic mass is 10.2. The second-order valence-corrected chi connectivity index (χ2v) is 9.85. The van der Waals surface area contributed by atoms with Gasteiger partial charge in [0, 0.05) is 18.2 Å². The van der Waals surface area contributed by atoms with Crippen LogP contribution >= 0.6 is 15.3 Å².